The summed E-state index contributed by atoms with van der Waals surface area (Å²) in [5.41, 5.74) is 0.389. The summed E-state index contributed by atoms with van der Waals surface area (Å²) in [6.07, 6.45) is 2.35. The quantitative estimate of drug-likeness (QED) is 0.547. The number of ether oxygens (including phenoxy) is 2. The highest BCUT2D eigenvalue weighted by Crippen LogP contribution is 2.23. The van der Waals surface area contributed by atoms with Gasteiger partial charge in [0, 0.05) is 11.1 Å². The number of hydrogen-bond acceptors (Lipinski definition) is 7. The fourth-order valence-electron chi connectivity index (χ4n) is 1.89. The average Bonchev–Trinajstić information content (AvgIpc) is 3.00. The second kappa shape index (κ2) is 6.60. The van der Waals surface area contributed by atoms with Crippen molar-refractivity contribution in [1.29, 1.82) is 0 Å². The Labute approximate surface area is 129 Å². The van der Waals surface area contributed by atoms with E-state index in [1.54, 1.807) is 6.07 Å². The third-order valence-electron chi connectivity index (χ3n) is 2.93. The molecule has 0 fully saturated rings. The zero-order valence-corrected chi connectivity index (χ0v) is 12.2. The molecule has 9 heteroatoms. The Morgan fingerprint density at radius 2 is 2.00 bits per heavy atom. The fraction of sp³-hybridized carbons (Fsp3) is 0.143. The van der Waals surface area contributed by atoms with Gasteiger partial charge in [0.25, 0.3) is 0 Å². The maximum Gasteiger partial charge on any atom is 0.354 e. The Hall–Kier alpha value is -3.36. The van der Waals surface area contributed by atoms with E-state index in [2.05, 4.69) is 25.0 Å². The molecule has 0 aliphatic rings. The van der Waals surface area contributed by atoms with Crippen LogP contribution in [0.1, 0.15) is 10.4 Å². The molecule has 0 unspecified atom stereocenters. The van der Waals surface area contributed by atoms with Gasteiger partial charge in [-0.1, -0.05) is 0 Å². The normalized spacial score (nSPS) is 11.1. The molecule has 0 atom stereocenters. The van der Waals surface area contributed by atoms with Gasteiger partial charge < -0.3 is 19.9 Å². The summed E-state index contributed by atoms with van der Waals surface area (Å²) >= 11 is 0. The largest absolute Gasteiger partial charge is 0.478 e. The standard InChI is InChI=1S/C14H13N3O6/c1-22-11(18)5-10(14(21)23-2)16-8-3-7-6-15-17-12(7)9(4-8)13(19)20/h3-6,16H,1-2H3,(H,15,17)(H,19,20)/b10-5+. The molecule has 0 radical (unpaired) electrons. The van der Waals surface area contributed by atoms with E-state index in [0.29, 0.717) is 10.9 Å². The SMILES string of the molecule is COC(=O)/C=C(/Nc1cc(C(=O)O)c2[nH]ncc2c1)C(=O)OC. The van der Waals surface area contributed by atoms with Crippen LogP contribution < -0.4 is 5.32 Å². The molecule has 23 heavy (non-hydrogen) atoms. The maximum atomic E-state index is 11.7. The van der Waals surface area contributed by atoms with Crippen molar-refractivity contribution in [2.24, 2.45) is 0 Å². The van der Waals surface area contributed by atoms with Gasteiger partial charge in [0.1, 0.15) is 5.70 Å². The first-order valence-corrected chi connectivity index (χ1v) is 6.31. The van der Waals surface area contributed by atoms with Crippen LogP contribution in [0.25, 0.3) is 10.9 Å². The minimum Gasteiger partial charge on any atom is -0.478 e. The van der Waals surface area contributed by atoms with Gasteiger partial charge in [0.15, 0.2) is 0 Å². The molecule has 2 rings (SSSR count). The number of carbonyl (C=O) groups excluding carboxylic acids is 2. The predicted molar refractivity (Wildman–Crippen MR) is 78.8 cm³/mol. The Balaban J connectivity index is 2.46. The monoisotopic (exact) mass is 319 g/mol. The number of methoxy groups -OCH3 is 2. The molecule has 0 aliphatic carbocycles. The van der Waals surface area contributed by atoms with Crippen LogP contribution in [-0.2, 0) is 19.1 Å². The third kappa shape index (κ3) is 3.46. The highest BCUT2D eigenvalue weighted by atomic mass is 16.5. The number of nitrogens with zero attached hydrogens (tertiary/aromatic N) is 1. The number of anilines is 1. The zero-order chi connectivity index (χ0) is 17.0. The number of aromatic nitrogens is 2. The van der Waals surface area contributed by atoms with Crippen LogP contribution in [0, 0.1) is 0 Å². The molecule has 2 aromatic rings. The smallest absolute Gasteiger partial charge is 0.354 e. The predicted octanol–water partition coefficient (Wildman–Crippen LogP) is 0.903. The van der Waals surface area contributed by atoms with Crippen LogP contribution in [0.4, 0.5) is 5.69 Å². The lowest BCUT2D eigenvalue weighted by molar-refractivity contribution is -0.138. The molecule has 0 saturated heterocycles. The van der Waals surface area contributed by atoms with Gasteiger partial charge in [-0.2, -0.15) is 5.10 Å². The van der Waals surface area contributed by atoms with Crippen molar-refractivity contribution in [2.45, 2.75) is 0 Å². The van der Waals surface area contributed by atoms with Crippen molar-refractivity contribution in [1.82, 2.24) is 10.2 Å². The summed E-state index contributed by atoms with van der Waals surface area (Å²) < 4.78 is 9.03. The molecule has 0 amide bonds. The second-order valence-electron chi connectivity index (χ2n) is 4.36. The van der Waals surface area contributed by atoms with E-state index in [0.717, 1.165) is 20.3 Å². The first-order chi connectivity index (χ1) is 11.0. The Kier molecular flexibility index (Phi) is 4.60. The van der Waals surface area contributed by atoms with E-state index >= 15 is 0 Å². The summed E-state index contributed by atoms with van der Waals surface area (Å²) in [7, 11) is 2.31. The molecule has 9 nitrogen and oxygen atoms in total. The molecule has 0 bridgehead atoms. The number of fused-ring (bicyclic) bond motifs is 1. The molecule has 1 heterocycles. The van der Waals surface area contributed by atoms with Crippen LogP contribution in [0.2, 0.25) is 0 Å². The number of benzene rings is 1. The summed E-state index contributed by atoms with van der Waals surface area (Å²) in [4.78, 5) is 34.3. The average molecular weight is 319 g/mol. The molecule has 0 saturated carbocycles. The summed E-state index contributed by atoms with van der Waals surface area (Å²) in [5, 5.41) is 18.8. The lowest BCUT2D eigenvalue weighted by Crippen LogP contribution is -2.15. The van der Waals surface area contributed by atoms with Gasteiger partial charge in [0.05, 0.1) is 37.6 Å². The van der Waals surface area contributed by atoms with Crippen LogP contribution >= 0.6 is 0 Å². The van der Waals surface area contributed by atoms with Gasteiger partial charge in [0.2, 0.25) is 0 Å². The molecule has 3 N–H and O–H groups in total. The molecule has 1 aromatic carbocycles. The first kappa shape index (κ1) is 16.0. The van der Waals surface area contributed by atoms with Crippen molar-refractivity contribution >= 4 is 34.5 Å². The number of rotatable bonds is 5. The molecule has 1 aromatic heterocycles. The van der Waals surface area contributed by atoms with Crippen molar-refractivity contribution in [3.8, 4) is 0 Å². The van der Waals surface area contributed by atoms with Gasteiger partial charge in [-0.05, 0) is 12.1 Å². The second-order valence-corrected chi connectivity index (χ2v) is 4.36. The molecule has 0 spiro atoms. The van der Waals surface area contributed by atoms with Crippen LogP contribution in [-0.4, -0.2) is 47.4 Å². The summed E-state index contributed by atoms with van der Waals surface area (Å²) in [6, 6.07) is 2.87. The first-order valence-electron chi connectivity index (χ1n) is 6.31. The number of aromatic amines is 1. The van der Waals surface area contributed by atoms with Crippen LogP contribution in [0.5, 0.6) is 0 Å². The van der Waals surface area contributed by atoms with E-state index in [1.807, 2.05) is 0 Å². The van der Waals surface area contributed by atoms with Gasteiger partial charge in [-0.15, -0.1) is 0 Å². The Bertz CT molecular complexity index is 808. The number of aromatic carboxylic acids is 1. The molecular weight excluding hydrogens is 306 g/mol. The van der Waals surface area contributed by atoms with Gasteiger partial charge in [-0.25, -0.2) is 14.4 Å². The lowest BCUT2D eigenvalue weighted by atomic mass is 10.1. The topological polar surface area (TPSA) is 131 Å². The number of esters is 2. The van der Waals surface area contributed by atoms with E-state index in [4.69, 9.17) is 0 Å². The lowest BCUT2D eigenvalue weighted by Gasteiger charge is -2.10. The molecule has 0 aliphatic heterocycles. The fourth-order valence-corrected chi connectivity index (χ4v) is 1.89. The number of carboxylic acids is 1. The number of H-pyrrole nitrogens is 1. The van der Waals surface area contributed by atoms with Gasteiger partial charge in [-0.3, -0.25) is 5.10 Å². The highest BCUT2D eigenvalue weighted by molar-refractivity contribution is 6.04. The highest BCUT2D eigenvalue weighted by Gasteiger charge is 2.16. The van der Waals surface area contributed by atoms with Crippen molar-refractivity contribution in [3.05, 3.63) is 35.7 Å². The summed E-state index contributed by atoms with van der Waals surface area (Å²) in [5.74, 6) is -2.74. The zero-order valence-electron chi connectivity index (χ0n) is 12.2. The van der Waals surface area contributed by atoms with Gasteiger partial charge >= 0.3 is 17.9 Å². The van der Waals surface area contributed by atoms with E-state index in [9.17, 15) is 19.5 Å². The summed E-state index contributed by atoms with van der Waals surface area (Å²) in [6.45, 7) is 0. The molecule has 120 valence electrons. The Morgan fingerprint density at radius 3 is 2.61 bits per heavy atom. The Morgan fingerprint density at radius 1 is 1.26 bits per heavy atom. The van der Waals surface area contributed by atoms with Crippen molar-refractivity contribution < 1.29 is 29.0 Å². The van der Waals surface area contributed by atoms with Crippen LogP contribution in [0.15, 0.2) is 30.1 Å². The van der Waals surface area contributed by atoms with Crippen molar-refractivity contribution in [2.75, 3.05) is 19.5 Å². The number of carboxylic acid groups (broad SMARTS) is 1. The van der Waals surface area contributed by atoms with E-state index < -0.39 is 17.9 Å². The minimum atomic E-state index is -1.17. The van der Waals surface area contributed by atoms with E-state index in [1.165, 1.54) is 12.3 Å². The van der Waals surface area contributed by atoms with Crippen molar-refractivity contribution in [3.63, 3.8) is 0 Å². The number of hydrogen-bond donors (Lipinski definition) is 3. The maximum absolute atomic E-state index is 11.7. The molecular formula is C14H13N3O6. The minimum absolute atomic E-state index is 0.0372. The number of nitrogens with one attached hydrogen (secondary N) is 2. The third-order valence-corrected chi connectivity index (χ3v) is 2.93. The van der Waals surface area contributed by atoms with Crippen LogP contribution in [0.3, 0.4) is 0 Å². The number of carbonyl (C=O) groups is 3. The van der Waals surface area contributed by atoms with E-state index in [-0.39, 0.29) is 16.9 Å².